The van der Waals surface area contributed by atoms with Crippen LogP contribution in [0.3, 0.4) is 0 Å². The van der Waals surface area contributed by atoms with Crippen LogP contribution >= 0.6 is 0 Å². The largest absolute Gasteiger partial charge is 1.00 e. The summed E-state index contributed by atoms with van der Waals surface area (Å²) in [5, 5.41) is 35.0. The van der Waals surface area contributed by atoms with Gasteiger partial charge in [0.1, 0.15) is 21.5 Å². The maximum absolute atomic E-state index is 13.2. The quantitative estimate of drug-likeness (QED) is 0.0525. The number of carboxylic acids is 2. The molecular weight excluding hydrogens is 869 g/mol. The van der Waals surface area contributed by atoms with E-state index in [-0.39, 0.29) is 158 Å². The van der Waals surface area contributed by atoms with Crippen LogP contribution in [-0.2, 0) is 21.5 Å². The van der Waals surface area contributed by atoms with Crippen molar-refractivity contribution in [2.75, 3.05) is 21.5 Å². The minimum atomic E-state index is -5.21. The number of benzene rings is 4. The van der Waals surface area contributed by atoms with Gasteiger partial charge in [-0.05, 0) is 95.1 Å². The summed E-state index contributed by atoms with van der Waals surface area (Å²) in [5.41, 5.74) is 6.30. The number of nitrogens with one attached hydrogen (secondary N) is 4. The third kappa shape index (κ3) is 14.7. The van der Waals surface area contributed by atoms with Gasteiger partial charge in [0.25, 0.3) is 0 Å². The Morgan fingerprint density at radius 2 is 1.02 bits per heavy atom. The zero-order valence-electron chi connectivity index (χ0n) is 31.8. The van der Waals surface area contributed by atoms with Crippen LogP contribution in [0.5, 0.6) is 0 Å². The van der Waals surface area contributed by atoms with E-state index in [4.69, 9.17) is 13.3 Å². The van der Waals surface area contributed by atoms with E-state index >= 15 is 0 Å². The van der Waals surface area contributed by atoms with Crippen molar-refractivity contribution in [1.82, 2.24) is 0 Å². The monoisotopic (exact) mass is 889 g/mol. The van der Waals surface area contributed by atoms with Gasteiger partial charge in [0, 0.05) is 22.5 Å². The minimum absolute atomic E-state index is 0. The molecule has 4 N–H and O–H groups in total. The summed E-state index contributed by atoms with van der Waals surface area (Å²) < 4.78 is 61.7. The molecule has 19 nitrogen and oxygen atoms in total. The summed E-state index contributed by atoms with van der Waals surface area (Å²) in [5.74, 6) is -4.04. The second kappa shape index (κ2) is 24.5. The van der Waals surface area contributed by atoms with Crippen molar-refractivity contribution in [3.8, 4) is 0 Å². The molecule has 0 heterocycles. The molecule has 0 saturated carbocycles. The summed E-state index contributed by atoms with van der Waals surface area (Å²) in [7, 11) is -5.21. The van der Waals surface area contributed by atoms with Crippen LogP contribution in [-0.4, -0.2) is 67.2 Å². The number of carboxylic acid groups (broad SMARTS) is 2. The second-order valence-corrected chi connectivity index (χ2v) is 13.0. The van der Waals surface area contributed by atoms with Crippen molar-refractivity contribution < 1.29 is 179 Å². The third-order valence-corrected chi connectivity index (χ3v) is 8.46. The summed E-state index contributed by atoms with van der Waals surface area (Å²) >= 11 is -3.11. The molecule has 60 heavy (non-hydrogen) atoms. The van der Waals surface area contributed by atoms with Crippen molar-refractivity contribution in [2.24, 2.45) is 10.2 Å². The number of anilines is 4. The molecule has 2 aliphatic rings. The maximum atomic E-state index is 13.2. The van der Waals surface area contributed by atoms with E-state index in [0.29, 0.717) is 22.5 Å². The number of hydrazone groups is 2. The van der Waals surface area contributed by atoms with Crippen LogP contribution in [0.4, 0.5) is 27.5 Å². The number of ketones is 2. The van der Waals surface area contributed by atoms with Crippen LogP contribution in [0.2, 0.25) is 0 Å². The Bertz CT molecular complexity index is 2570. The second-order valence-electron chi connectivity index (χ2n) is 11.3. The molecule has 0 aliphatic heterocycles. The fourth-order valence-corrected chi connectivity index (χ4v) is 5.71. The Hall–Kier alpha value is -3.17. The van der Waals surface area contributed by atoms with Gasteiger partial charge in [0.05, 0.1) is 28.2 Å². The number of hydrogen-bond acceptors (Lipinski definition) is 17. The zero-order valence-corrected chi connectivity index (χ0v) is 41.5. The van der Waals surface area contributed by atoms with E-state index in [1.807, 2.05) is 0 Å². The number of fused-ring (bicyclic) bond motifs is 2. The van der Waals surface area contributed by atoms with Crippen LogP contribution in [0.15, 0.2) is 106 Å². The van der Waals surface area contributed by atoms with Crippen LogP contribution in [0.1, 0.15) is 52.6 Å². The molecule has 6 rings (SSSR count). The summed E-state index contributed by atoms with van der Waals surface area (Å²) in [6.07, 6.45) is 4.04. The van der Waals surface area contributed by atoms with E-state index in [9.17, 15) is 47.2 Å². The van der Waals surface area contributed by atoms with Crippen LogP contribution in [0.25, 0.3) is 12.2 Å². The summed E-state index contributed by atoms with van der Waals surface area (Å²) in [6, 6.07) is 18.4. The number of urea groups is 1. The molecule has 0 bridgehead atoms. The van der Waals surface area contributed by atoms with E-state index in [2.05, 4.69) is 31.7 Å². The standard InChI is InChI=1S/C35H24N6O10S.4Na.H2O3S/c42-31-26-12-10-24(15-20(26)5-14-28(31)40-38-22-6-1-18(2-7-22)33(44)45)36-35(48)37-25-11-13-27-21(16-25)17-29(52(49,50)51)30(32(27)43)41-39-23-8-3-19(4-9-23)34(46)47;;;;;1-4(2)3/h1-17,38-39H,(H,44,45)(H,46,47)(H2,36,37,48)(H,49,50,51);;;;;(H2,1,2,3)/q;4*+1;/p-5/b40-28-,41-30-;;;;;. The molecule has 2 aliphatic carbocycles. The molecule has 2 amide bonds. The maximum Gasteiger partial charge on any atom is 1.00 e. The molecule has 0 unspecified atom stereocenters. The van der Waals surface area contributed by atoms with Gasteiger partial charge in [-0.25, -0.2) is 13.2 Å². The van der Waals surface area contributed by atoms with Gasteiger partial charge in [-0.3, -0.25) is 24.6 Å². The Kier molecular flexibility index (Phi) is 22.4. The molecule has 286 valence electrons. The fraction of sp³-hybridized carbons (Fsp3) is 0. The SMILES string of the molecule is O=C(Nc1ccc2c(c1)C=C/C(=N/Nc1ccc(C(=O)[O-])cc1)C2=O)Nc1ccc2c(c1)C=C(S(=O)(=O)[O-])/C(=N/Nc1ccc(C(=O)[O-])cc1)C2=O.O=S([O-])[O-].[Na+].[Na+].[Na+].[Na+]. The minimum Gasteiger partial charge on any atom is -0.784 e. The van der Waals surface area contributed by atoms with Crippen molar-refractivity contribution in [1.29, 1.82) is 0 Å². The smallest absolute Gasteiger partial charge is 0.784 e. The van der Waals surface area contributed by atoms with Gasteiger partial charge >= 0.3 is 124 Å². The molecular formula is C35H21N6Na4O13S2-. The number of allylic oxidation sites excluding steroid dienone is 2. The number of nitrogens with zero attached hydrogens (tertiary/aromatic N) is 2. The van der Waals surface area contributed by atoms with Gasteiger partial charge in [-0.15, -0.1) is 11.4 Å². The molecule has 0 radical (unpaired) electrons. The van der Waals surface area contributed by atoms with Gasteiger partial charge in [0.2, 0.25) is 11.6 Å². The number of Topliss-reactive ketones (excluding diaryl/α,β-unsaturated/α-hetero) is 2. The average Bonchev–Trinajstić information content (AvgIpc) is 3.13. The number of amides is 2. The molecule has 0 saturated heterocycles. The van der Waals surface area contributed by atoms with Gasteiger partial charge in [-0.2, -0.15) is 10.2 Å². The third-order valence-electron chi connectivity index (χ3n) is 7.61. The fourth-order valence-electron chi connectivity index (χ4n) is 5.07. The van der Waals surface area contributed by atoms with Crippen molar-refractivity contribution in [2.45, 2.75) is 0 Å². The number of carbonyl (C=O) groups is 5. The predicted molar refractivity (Wildman–Crippen MR) is 194 cm³/mol. The van der Waals surface area contributed by atoms with Gasteiger partial charge in [0.15, 0.2) is 0 Å². The van der Waals surface area contributed by atoms with E-state index in [1.165, 1.54) is 84.9 Å². The van der Waals surface area contributed by atoms with Crippen LogP contribution < -0.4 is 150 Å². The molecule has 25 heteroatoms. The van der Waals surface area contributed by atoms with Crippen molar-refractivity contribution in [3.05, 3.63) is 129 Å². The Labute approximate surface area is 431 Å². The van der Waals surface area contributed by atoms with E-state index in [0.717, 1.165) is 6.08 Å². The van der Waals surface area contributed by atoms with E-state index in [1.54, 1.807) is 12.1 Å². The number of rotatable bonds is 9. The first-order valence-corrected chi connectivity index (χ1v) is 17.8. The molecule has 0 atom stereocenters. The van der Waals surface area contributed by atoms with Gasteiger partial charge < -0.3 is 44.1 Å². The zero-order chi connectivity index (χ0) is 40.7. The number of hydrogen-bond donors (Lipinski definition) is 4. The Morgan fingerprint density at radius 1 is 0.600 bits per heavy atom. The Morgan fingerprint density at radius 3 is 1.47 bits per heavy atom. The molecule has 4 aromatic carbocycles. The first kappa shape index (κ1) is 54.8. The first-order valence-electron chi connectivity index (χ1n) is 15.4. The van der Waals surface area contributed by atoms with Crippen molar-refractivity contribution in [3.63, 3.8) is 0 Å². The topological polar surface area (TPSA) is 325 Å². The van der Waals surface area contributed by atoms with Gasteiger partial charge in [-0.1, -0.05) is 30.3 Å². The average molecular weight is 890 g/mol. The Balaban J connectivity index is 0.00000215. The molecule has 0 aromatic heterocycles. The van der Waals surface area contributed by atoms with Crippen molar-refractivity contribution >= 4 is 97.3 Å². The van der Waals surface area contributed by atoms with E-state index < -0.39 is 61.6 Å². The van der Waals surface area contributed by atoms with Crippen LogP contribution in [0, 0.1) is 0 Å². The summed E-state index contributed by atoms with van der Waals surface area (Å²) in [4.78, 5) is 60.1. The number of aromatic carboxylic acids is 2. The normalized spacial score (nSPS) is 13.6. The first-order chi connectivity index (χ1) is 26.5. The molecule has 0 fully saturated rings. The predicted octanol–water partition coefficient (Wildman–Crippen LogP) is -10.7. The molecule has 4 aromatic rings. The molecule has 0 spiro atoms. The number of carbonyl (C=O) groups excluding carboxylic acids is 5. The summed E-state index contributed by atoms with van der Waals surface area (Å²) in [6.45, 7) is 0.